The van der Waals surface area contributed by atoms with Gasteiger partial charge in [-0.25, -0.2) is 4.79 Å². The Hall–Kier alpha value is -2.93. The molecule has 0 fully saturated rings. The van der Waals surface area contributed by atoms with E-state index >= 15 is 0 Å². The first-order chi connectivity index (χ1) is 14.3. The lowest BCUT2D eigenvalue weighted by Gasteiger charge is -2.18. The normalized spacial score (nSPS) is 12.7. The zero-order valence-electron chi connectivity index (χ0n) is 17.3. The number of esters is 1. The van der Waals surface area contributed by atoms with Gasteiger partial charge in [0.2, 0.25) is 0 Å². The number of rotatable bonds is 6. The predicted octanol–water partition coefficient (Wildman–Crippen LogP) is 3.38. The highest BCUT2D eigenvalue weighted by molar-refractivity contribution is 6.32. The van der Waals surface area contributed by atoms with E-state index in [0.29, 0.717) is 31.3 Å². The maximum atomic E-state index is 12.4. The van der Waals surface area contributed by atoms with Crippen molar-refractivity contribution in [2.24, 2.45) is 0 Å². The fraction of sp³-hybridized carbons (Fsp3) is 0.364. The summed E-state index contributed by atoms with van der Waals surface area (Å²) in [5, 5.41) is 0.269. The second-order valence-electron chi connectivity index (χ2n) is 7.22. The average Bonchev–Trinajstić information content (AvgIpc) is 2.98. The summed E-state index contributed by atoms with van der Waals surface area (Å²) in [5.41, 5.74) is 2.27. The van der Waals surface area contributed by atoms with Crippen molar-refractivity contribution in [3.63, 3.8) is 0 Å². The monoisotopic (exact) mass is 432 g/mol. The number of fused-ring (bicyclic) bond motifs is 1. The van der Waals surface area contributed by atoms with Crippen LogP contribution in [0.1, 0.15) is 22.3 Å². The molecule has 0 radical (unpaired) electrons. The lowest BCUT2D eigenvalue weighted by molar-refractivity contribution is -0.133. The Bertz CT molecular complexity index is 914. The fourth-order valence-electron chi connectivity index (χ4n) is 2.93. The standard InChI is InChI=1S/C22H25ClN2O5/c1-24(2)17-7-5-15(6-8-17)13-25(3)20(26)14-30-22(27)16-11-18(23)21-19(12-16)28-9-4-10-29-21/h5-8,11-12H,4,9-10,13-14H2,1-3H3. The third-order valence-corrected chi connectivity index (χ3v) is 4.94. The van der Waals surface area contributed by atoms with Gasteiger partial charge in [0.15, 0.2) is 18.1 Å². The molecule has 1 aliphatic heterocycles. The average molecular weight is 433 g/mol. The molecular weight excluding hydrogens is 408 g/mol. The minimum atomic E-state index is -0.648. The Morgan fingerprint density at radius 3 is 2.47 bits per heavy atom. The Morgan fingerprint density at radius 2 is 1.77 bits per heavy atom. The minimum absolute atomic E-state index is 0.207. The van der Waals surface area contributed by atoms with Crippen LogP contribution in [0, 0.1) is 0 Å². The quantitative estimate of drug-likeness (QED) is 0.652. The molecule has 2 aromatic rings. The van der Waals surface area contributed by atoms with Gasteiger partial charge in [-0.2, -0.15) is 0 Å². The second kappa shape index (κ2) is 9.71. The van der Waals surface area contributed by atoms with Crippen LogP contribution in [-0.4, -0.2) is 57.7 Å². The molecule has 0 aromatic heterocycles. The van der Waals surface area contributed by atoms with Crippen LogP contribution in [0.2, 0.25) is 5.02 Å². The van der Waals surface area contributed by atoms with E-state index in [1.165, 1.54) is 17.0 Å². The van der Waals surface area contributed by atoms with Gasteiger partial charge in [-0.1, -0.05) is 23.7 Å². The zero-order valence-corrected chi connectivity index (χ0v) is 18.1. The SMILES string of the molecule is CN(Cc1ccc(N(C)C)cc1)C(=O)COC(=O)c1cc(Cl)c2c(c1)OCCCO2. The summed E-state index contributed by atoms with van der Waals surface area (Å²) in [6.45, 7) is 1.02. The van der Waals surface area contributed by atoms with Gasteiger partial charge in [0.1, 0.15) is 0 Å². The van der Waals surface area contributed by atoms with Gasteiger partial charge in [-0.3, -0.25) is 4.79 Å². The lowest BCUT2D eigenvalue weighted by Crippen LogP contribution is -2.30. The zero-order chi connectivity index (χ0) is 21.7. The van der Waals surface area contributed by atoms with Gasteiger partial charge in [-0.05, 0) is 29.8 Å². The third kappa shape index (κ3) is 5.36. The molecule has 1 heterocycles. The molecule has 7 nitrogen and oxygen atoms in total. The van der Waals surface area contributed by atoms with Crippen LogP contribution in [0.4, 0.5) is 5.69 Å². The van der Waals surface area contributed by atoms with E-state index < -0.39 is 5.97 Å². The van der Waals surface area contributed by atoms with E-state index in [0.717, 1.165) is 17.7 Å². The van der Waals surface area contributed by atoms with Crippen molar-refractivity contribution in [2.45, 2.75) is 13.0 Å². The smallest absolute Gasteiger partial charge is 0.338 e. The van der Waals surface area contributed by atoms with Crippen LogP contribution in [0.15, 0.2) is 36.4 Å². The van der Waals surface area contributed by atoms with E-state index in [-0.39, 0.29) is 23.1 Å². The Morgan fingerprint density at radius 1 is 1.07 bits per heavy atom. The van der Waals surface area contributed by atoms with Crippen molar-refractivity contribution in [1.29, 1.82) is 0 Å². The summed E-state index contributed by atoms with van der Waals surface area (Å²) in [5.74, 6) is -0.136. The van der Waals surface area contributed by atoms with Crippen molar-refractivity contribution in [2.75, 3.05) is 45.9 Å². The molecule has 0 spiro atoms. The predicted molar refractivity (Wildman–Crippen MR) is 115 cm³/mol. The summed E-state index contributed by atoms with van der Waals surface area (Å²) in [6, 6.07) is 10.9. The second-order valence-corrected chi connectivity index (χ2v) is 7.63. The molecular formula is C22H25ClN2O5. The van der Waals surface area contributed by atoms with Gasteiger partial charge < -0.3 is 24.0 Å². The summed E-state index contributed by atoms with van der Waals surface area (Å²) in [6.07, 6.45) is 0.726. The van der Waals surface area contributed by atoms with Gasteiger partial charge >= 0.3 is 5.97 Å². The number of benzene rings is 2. The molecule has 0 N–H and O–H groups in total. The number of ether oxygens (including phenoxy) is 3. The van der Waals surface area contributed by atoms with E-state index in [2.05, 4.69) is 0 Å². The Balaban J connectivity index is 1.56. The van der Waals surface area contributed by atoms with Crippen molar-refractivity contribution in [3.05, 3.63) is 52.5 Å². The van der Waals surface area contributed by atoms with Gasteiger partial charge in [0.05, 0.1) is 23.8 Å². The molecule has 0 bridgehead atoms. The molecule has 1 amide bonds. The van der Waals surface area contributed by atoms with Crippen molar-refractivity contribution in [3.8, 4) is 11.5 Å². The van der Waals surface area contributed by atoms with Crippen molar-refractivity contribution >= 4 is 29.2 Å². The molecule has 0 atom stereocenters. The van der Waals surface area contributed by atoms with Gasteiger partial charge in [0, 0.05) is 39.8 Å². The highest BCUT2D eigenvalue weighted by Crippen LogP contribution is 2.38. The lowest BCUT2D eigenvalue weighted by atomic mass is 10.2. The number of anilines is 1. The first-order valence-electron chi connectivity index (χ1n) is 9.61. The van der Waals surface area contributed by atoms with E-state index in [4.69, 9.17) is 25.8 Å². The maximum Gasteiger partial charge on any atom is 0.338 e. The number of halogens is 1. The van der Waals surface area contributed by atoms with Crippen LogP contribution in [0.25, 0.3) is 0 Å². The summed E-state index contributed by atoms with van der Waals surface area (Å²) >= 11 is 6.21. The number of nitrogens with zero attached hydrogens (tertiary/aromatic N) is 2. The number of hydrogen-bond acceptors (Lipinski definition) is 6. The first kappa shape index (κ1) is 21.8. The Labute approximate surface area is 181 Å². The van der Waals surface area contributed by atoms with Crippen LogP contribution >= 0.6 is 11.6 Å². The van der Waals surface area contributed by atoms with E-state index in [1.807, 2.05) is 43.3 Å². The molecule has 2 aromatic carbocycles. The van der Waals surface area contributed by atoms with E-state index in [1.54, 1.807) is 7.05 Å². The Kier molecular flexibility index (Phi) is 7.05. The summed E-state index contributed by atoms with van der Waals surface area (Å²) < 4.78 is 16.3. The maximum absolute atomic E-state index is 12.4. The molecule has 0 saturated carbocycles. The molecule has 0 aliphatic carbocycles. The number of likely N-dealkylation sites (N-methyl/N-ethyl adjacent to an activating group) is 1. The molecule has 0 unspecified atom stereocenters. The summed E-state index contributed by atoms with van der Waals surface area (Å²) in [7, 11) is 5.60. The van der Waals surface area contributed by atoms with Crippen LogP contribution in [-0.2, 0) is 16.1 Å². The summed E-state index contributed by atoms with van der Waals surface area (Å²) in [4.78, 5) is 28.3. The van der Waals surface area contributed by atoms with Gasteiger partial charge in [-0.15, -0.1) is 0 Å². The molecule has 30 heavy (non-hydrogen) atoms. The molecule has 1 aliphatic rings. The van der Waals surface area contributed by atoms with Crippen molar-refractivity contribution in [1.82, 2.24) is 4.90 Å². The topological polar surface area (TPSA) is 68.3 Å². The number of hydrogen-bond donors (Lipinski definition) is 0. The van der Waals surface area contributed by atoms with Crippen LogP contribution < -0.4 is 14.4 Å². The minimum Gasteiger partial charge on any atom is -0.489 e. The number of amides is 1. The highest BCUT2D eigenvalue weighted by atomic mass is 35.5. The number of carbonyl (C=O) groups excluding carboxylic acids is 2. The number of carbonyl (C=O) groups is 2. The highest BCUT2D eigenvalue weighted by Gasteiger charge is 2.20. The molecule has 8 heteroatoms. The molecule has 3 rings (SSSR count). The van der Waals surface area contributed by atoms with Crippen molar-refractivity contribution < 1.29 is 23.8 Å². The third-order valence-electron chi connectivity index (χ3n) is 4.66. The first-order valence-corrected chi connectivity index (χ1v) is 9.99. The van der Waals surface area contributed by atoms with Crippen LogP contribution in [0.3, 0.4) is 0 Å². The fourth-order valence-corrected chi connectivity index (χ4v) is 3.20. The van der Waals surface area contributed by atoms with Crippen LogP contribution in [0.5, 0.6) is 11.5 Å². The largest absolute Gasteiger partial charge is 0.489 e. The van der Waals surface area contributed by atoms with E-state index in [9.17, 15) is 9.59 Å². The molecule has 160 valence electrons. The molecule has 0 saturated heterocycles. The van der Waals surface area contributed by atoms with Gasteiger partial charge in [0.25, 0.3) is 5.91 Å².